The Balaban J connectivity index is 2.34. The number of nitrogens with one attached hydrogen (secondary N) is 1. The largest absolute Gasteiger partial charge is 0.315 e. The first-order valence-corrected chi connectivity index (χ1v) is 6.27. The van der Waals surface area contributed by atoms with Crippen LogP contribution in [0.5, 0.6) is 0 Å². The minimum absolute atomic E-state index is 0.120. The molecule has 1 fully saturated rings. The van der Waals surface area contributed by atoms with Crippen LogP contribution in [0.1, 0.15) is 32.1 Å². The predicted octanol–water partition coefficient (Wildman–Crippen LogP) is 2.35. The Kier molecular flexibility index (Phi) is 6.21. The molecule has 96 valence electrons. The van der Waals surface area contributed by atoms with Crippen LogP contribution < -0.4 is 5.32 Å². The summed E-state index contributed by atoms with van der Waals surface area (Å²) in [7, 11) is 3.72. The fourth-order valence-corrected chi connectivity index (χ4v) is 2.66. The topological polar surface area (TPSA) is 15.3 Å². The molecule has 0 aromatic carbocycles. The molecule has 0 radical (unpaired) electrons. The van der Waals surface area contributed by atoms with Crippen molar-refractivity contribution in [2.24, 2.45) is 5.92 Å². The zero-order valence-corrected chi connectivity index (χ0v) is 10.4. The Bertz CT molecular complexity index is 182. The minimum Gasteiger partial charge on any atom is -0.315 e. The summed E-state index contributed by atoms with van der Waals surface area (Å²) in [4.78, 5) is 1.74. The summed E-state index contributed by atoms with van der Waals surface area (Å²) in [6.07, 6.45) is 4.18. The molecule has 2 nitrogen and oxygen atoms in total. The Morgan fingerprint density at radius 2 is 1.81 bits per heavy atom. The van der Waals surface area contributed by atoms with Crippen molar-refractivity contribution in [1.82, 2.24) is 10.2 Å². The van der Waals surface area contributed by atoms with E-state index in [1.54, 1.807) is 11.9 Å². The molecule has 0 heterocycles. The van der Waals surface area contributed by atoms with E-state index in [0.29, 0.717) is 12.0 Å². The van der Waals surface area contributed by atoms with Crippen LogP contribution in [0.2, 0.25) is 0 Å². The summed E-state index contributed by atoms with van der Waals surface area (Å²) in [5.74, 6) is 0.666. The van der Waals surface area contributed by atoms with Crippen molar-refractivity contribution in [3.63, 3.8) is 0 Å². The van der Waals surface area contributed by atoms with Crippen molar-refractivity contribution < 1.29 is 8.78 Å². The van der Waals surface area contributed by atoms with Gasteiger partial charge < -0.3 is 5.32 Å². The number of alkyl halides is 2. The van der Waals surface area contributed by atoms with E-state index in [1.807, 2.05) is 7.05 Å². The molecule has 0 bridgehead atoms. The second-order valence-corrected chi connectivity index (χ2v) is 4.91. The molecule has 1 aliphatic rings. The van der Waals surface area contributed by atoms with Gasteiger partial charge in [0.25, 0.3) is 6.43 Å². The fourth-order valence-electron chi connectivity index (χ4n) is 2.66. The average Bonchev–Trinajstić information content (AvgIpc) is 2.26. The molecule has 4 heteroatoms. The molecule has 1 aliphatic carbocycles. The fraction of sp³-hybridized carbons (Fsp3) is 1.00. The molecular formula is C12H24F2N2. The van der Waals surface area contributed by atoms with E-state index in [0.717, 1.165) is 6.54 Å². The monoisotopic (exact) mass is 234 g/mol. The zero-order valence-electron chi connectivity index (χ0n) is 10.4. The van der Waals surface area contributed by atoms with Gasteiger partial charge in [-0.2, -0.15) is 0 Å². The van der Waals surface area contributed by atoms with E-state index < -0.39 is 6.43 Å². The predicted molar refractivity (Wildman–Crippen MR) is 62.9 cm³/mol. The summed E-state index contributed by atoms with van der Waals surface area (Å²) in [5, 5.41) is 3.29. The highest BCUT2D eigenvalue weighted by molar-refractivity contribution is 4.80. The van der Waals surface area contributed by atoms with Gasteiger partial charge in [-0.1, -0.05) is 19.3 Å². The van der Waals surface area contributed by atoms with Crippen LogP contribution in [0.3, 0.4) is 0 Å². The molecule has 1 N–H and O–H groups in total. The van der Waals surface area contributed by atoms with Gasteiger partial charge in [0, 0.05) is 12.6 Å². The zero-order chi connectivity index (χ0) is 12.0. The van der Waals surface area contributed by atoms with E-state index >= 15 is 0 Å². The first kappa shape index (κ1) is 13.8. The number of rotatable bonds is 6. The lowest BCUT2D eigenvalue weighted by Crippen LogP contribution is -2.44. The van der Waals surface area contributed by atoms with Gasteiger partial charge in [-0.25, -0.2) is 8.78 Å². The summed E-state index contributed by atoms with van der Waals surface area (Å²) in [5.41, 5.74) is 0. The van der Waals surface area contributed by atoms with E-state index in [9.17, 15) is 8.78 Å². The van der Waals surface area contributed by atoms with Crippen LogP contribution in [0, 0.1) is 5.92 Å². The highest BCUT2D eigenvalue weighted by Gasteiger charge is 2.23. The third-order valence-electron chi connectivity index (χ3n) is 3.55. The van der Waals surface area contributed by atoms with Gasteiger partial charge in [0.2, 0.25) is 0 Å². The van der Waals surface area contributed by atoms with Gasteiger partial charge in [0.1, 0.15) is 0 Å². The molecular weight excluding hydrogens is 210 g/mol. The maximum atomic E-state index is 12.2. The molecule has 1 atom stereocenters. The lowest BCUT2D eigenvalue weighted by atomic mass is 9.84. The molecule has 0 aromatic rings. The molecule has 0 aliphatic heterocycles. The standard InChI is InChI=1S/C12H24F2N2/c1-15-11(8-16(2)9-12(13)14)10-6-4-3-5-7-10/h10-12,15H,3-9H2,1-2H3. The first-order chi connectivity index (χ1) is 7.63. The van der Waals surface area contributed by atoms with E-state index in [-0.39, 0.29) is 6.54 Å². The number of nitrogens with zero attached hydrogens (tertiary/aromatic N) is 1. The van der Waals surface area contributed by atoms with Crippen LogP contribution in [0.25, 0.3) is 0 Å². The lowest BCUT2D eigenvalue weighted by Gasteiger charge is -2.32. The lowest BCUT2D eigenvalue weighted by molar-refractivity contribution is 0.0899. The highest BCUT2D eigenvalue weighted by atomic mass is 19.3. The highest BCUT2D eigenvalue weighted by Crippen LogP contribution is 2.26. The van der Waals surface area contributed by atoms with Crippen molar-refractivity contribution in [3.8, 4) is 0 Å². The second-order valence-electron chi connectivity index (χ2n) is 4.91. The molecule has 1 saturated carbocycles. The Morgan fingerprint density at radius 3 is 2.31 bits per heavy atom. The maximum Gasteiger partial charge on any atom is 0.251 e. The Hall–Kier alpha value is -0.220. The van der Waals surface area contributed by atoms with Crippen LogP contribution in [0.4, 0.5) is 8.78 Å². The average molecular weight is 234 g/mol. The Morgan fingerprint density at radius 1 is 1.19 bits per heavy atom. The van der Waals surface area contributed by atoms with E-state index in [2.05, 4.69) is 5.32 Å². The maximum absolute atomic E-state index is 12.2. The number of likely N-dealkylation sites (N-methyl/N-ethyl adjacent to an activating group) is 2. The molecule has 16 heavy (non-hydrogen) atoms. The number of hydrogen-bond donors (Lipinski definition) is 1. The summed E-state index contributed by atoms with van der Waals surface area (Å²) >= 11 is 0. The SMILES string of the molecule is CNC(CN(C)CC(F)F)C1CCCCC1. The quantitative estimate of drug-likeness (QED) is 0.759. The smallest absolute Gasteiger partial charge is 0.251 e. The van der Waals surface area contributed by atoms with Gasteiger partial charge in [-0.05, 0) is 32.9 Å². The van der Waals surface area contributed by atoms with Gasteiger partial charge in [-0.3, -0.25) is 4.90 Å². The van der Waals surface area contributed by atoms with Crippen LogP contribution >= 0.6 is 0 Å². The van der Waals surface area contributed by atoms with Gasteiger partial charge in [0.15, 0.2) is 0 Å². The van der Waals surface area contributed by atoms with Crippen molar-refractivity contribution >= 4 is 0 Å². The summed E-state index contributed by atoms with van der Waals surface area (Å²) in [6.45, 7) is 0.608. The molecule has 0 aromatic heterocycles. The van der Waals surface area contributed by atoms with Gasteiger partial charge in [0.05, 0.1) is 6.54 Å². The molecule has 0 amide bonds. The number of halogens is 2. The van der Waals surface area contributed by atoms with Crippen LogP contribution in [-0.2, 0) is 0 Å². The van der Waals surface area contributed by atoms with E-state index in [1.165, 1.54) is 32.1 Å². The molecule has 0 spiro atoms. The van der Waals surface area contributed by atoms with Gasteiger partial charge in [-0.15, -0.1) is 0 Å². The normalized spacial score (nSPS) is 20.6. The third kappa shape index (κ3) is 4.74. The van der Waals surface area contributed by atoms with Gasteiger partial charge >= 0.3 is 0 Å². The van der Waals surface area contributed by atoms with Crippen LogP contribution in [0.15, 0.2) is 0 Å². The summed E-state index contributed by atoms with van der Waals surface area (Å²) in [6, 6.07) is 0.365. The minimum atomic E-state index is -2.23. The number of hydrogen-bond acceptors (Lipinski definition) is 2. The van der Waals surface area contributed by atoms with Crippen molar-refractivity contribution in [1.29, 1.82) is 0 Å². The van der Waals surface area contributed by atoms with Crippen LogP contribution in [-0.4, -0.2) is 44.6 Å². The van der Waals surface area contributed by atoms with E-state index in [4.69, 9.17) is 0 Å². The molecule has 1 unspecified atom stereocenters. The first-order valence-electron chi connectivity index (χ1n) is 6.27. The molecule has 0 saturated heterocycles. The molecule has 1 rings (SSSR count). The third-order valence-corrected chi connectivity index (χ3v) is 3.55. The second kappa shape index (κ2) is 7.17. The Labute approximate surface area is 97.4 Å². The van der Waals surface area contributed by atoms with Crippen molar-refractivity contribution in [3.05, 3.63) is 0 Å². The van der Waals surface area contributed by atoms with Crippen molar-refractivity contribution in [2.45, 2.75) is 44.6 Å². The summed E-state index contributed by atoms with van der Waals surface area (Å²) < 4.78 is 24.4. The van der Waals surface area contributed by atoms with Crippen molar-refractivity contribution in [2.75, 3.05) is 27.2 Å².